The minimum atomic E-state index is -2.39. The van der Waals surface area contributed by atoms with Crippen molar-refractivity contribution < 1.29 is 13.4 Å². The van der Waals surface area contributed by atoms with Crippen molar-refractivity contribution in [1.82, 2.24) is 15.0 Å². The molecule has 14 heteroatoms. The molecule has 3 heterocycles. The first-order chi connectivity index (χ1) is 23.1. The fourth-order valence-electron chi connectivity index (χ4n) is 5.34. The number of nitriles is 1. The highest BCUT2D eigenvalue weighted by atomic mass is 127. The largest absolute Gasteiger partial charge is 0.548 e. The van der Waals surface area contributed by atoms with Crippen LogP contribution < -0.4 is 0 Å². The lowest BCUT2D eigenvalue weighted by Gasteiger charge is -2.19. The molecular formula is C35H41Cl3IN5O3SSi. The van der Waals surface area contributed by atoms with Crippen LogP contribution in [0, 0.1) is 15.0 Å². The van der Waals surface area contributed by atoms with Gasteiger partial charge >= 0.3 is 0 Å². The Kier molecular flexibility index (Phi) is 16.7. The summed E-state index contributed by atoms with van der Waals surface area (Å²) < 4.78 is 22.9. The van der Waals surface area contributed by atoms with Gasteiger partial charge in [-0.25, -0.2) is 19.2 Å². The number of halogens is 4. The van der Waals surface area contributed by atoms with E-state index in [2.05, 4.69) is 67.6 Å². The summed E-state index contributed by atoms with van der Waals surface area (Å²) in [6.07, 6.45) is 20.8. The molecule has 1 fully saturated rings. The molecule has 0 amide bonds. The molecule has 0 bridgehead atoms. The zero-order valence-corrected chi connectivity index (χ0v) is 34.2. The maximum Gasteiger partial charge on any atom is 0.241 e. The van der Waals surface area contributed by atoms with Gasteiger partial charge in [0.25, 0.3) is 0 Å². The average Bonchev–Trinajstić information content (AvgIpc) is 3.83. The number of hydrogen-bond donors (Lipinski definition) is 0. The van der Waals surface area contributed by atoms with E-state index in [1.54, 1.807) is 43.1 Å². The average molecular weight is 873 g/mol. The molecule has 8 nitrogen and oxygen atoms in total. The highest BCUT2D eigenvalue weighted by molar-refractivity contribution is 14.1. The Morgan fingerprint density at radius 3 is 1.98 bits per heavy atom. The summed E-state index contributed by atoms with van der Waals surface area (Å²) in [6.45, 7) is 6.64. The first kappa shape index (κ1) is 41.1. The van der Waals surface area contributed by atoms with Crippen LogP contribution in [0.2, 0.25) is 35.1 Å². The van der Waals surface area contributed by atoms with Gasteiger partial charge in [0.05, 0.1) is 15.5 Å². The number of hydrogen-bond acceptors (Lipinski definition) is 8. The van der Waals surface area contributed by atoms with Crippen LogP contribution in [0.4, 0.5) is 0 Å². The Hall–Kier alpha value is -2.34. The van der Waals surface area contributed by atoms with E-state index in [0.29, 0.717) is 27.3 Å². The van der Waals surface area contributed by atoms with Gasteiger partial charge in [-0.2, -0.15) is 5.26 Å². The number of ketones is 1. The molecule has 0 saturated heterocycles. The van der Waals surface area contributed by atoms with E-state index in [1.165, 1.54) is 5.56 Å². The molecular weight excluding hydrogens is 832 g/mol. The van der Waals surface area contributed by atoms with Gasteiger partial charge in [-0.1, -0.05) is 53.0 Å². The third-order valence-corrected chi connectivity index (χ3v) is 12.0. The number of carbonyl (C=O) groups is 1. The lowest BCUT2D eigenvalue weighted by Crippen LogP contribution is -2.24. The van der Waals surface area contributed by atoms with Crippen molar-refractivity contribution >= 4 is 81.2 Å². The smallest absolute Gasteiger partial charge is 0.241 e. The summed E-state index contributed by atoms with van der Waals surface area (Å²) >= 11 is 19.2. The van der Waals surface area contributed by atoms with Crippen LogP contribution >= 0.6 is 57.4 Å². The summed E-state index contributed by atoms with van der Waals surface area (Å²) in [6, 6.07) is 11.3. The van der Waals surface area contributed by atoms with E-state index in [9.17, 15) is 9.00 Å². The second-order valence-electron chi connectivity index (χ2n) is 12.7. The second-order valence-corrected chi connectivity index (χ2v) is 22.1. The molecule has 0 aliphatic heterocycles. The highest BCUT2D eigenvalue weighted by Gasteiger charge is 2.31. The maximum absolute atomic E-state index is 12.2. The quantitative estimate of drug-likeness (QED) is 0.108. The predicted molar refractivity (Wildman–Crippen MR) is 211 cm³/mol. The molecule has 4 atom stereocenters. The molecule has 0 spiro atoms. The van der Waals surface area contributed by atoms with Crippen LogP contribution in [0.25, 0.3) is 0 Å². The van der Waals surface area contributed by atoms with Gasteiger partial charge in [-0.05, 0) is 128 Å². The van der Waals surface area contributed by atoms with Gasteiger partial charge < -0.3 is 4.43 Å². The molecule has 262 valence electrons. The van der Waals surface area contributed by atoms with Gasteiger partial charge in [0.15, 0.2) is 5.78 Å². The molecule has 4 unspecified atom stereocenters. The summed E-state index contributed by atoms with van der Waals surface area (Å²) in [5.74, 6) is 2.21. The maximum atomic E-state index is 12.2. The molecule has 1 saturated carbocycles. The van der Waals surface area contributed by atoms with E-state index < -0.39 is 18.0 Å². The van der Waals surface area contributed by atoms with E-state index in [1.807, 2.05) is 36.5 Å². The molecule has 3 aliphatic carbocycles. The van der Waals surface area contributed by atoms with Crippen LogP contribution in [0.1, 0.15) is 67.9 Å². The summed E-state index contributed by atoms with van der Waals surface area (Å²) in [5, 5.41) is 10.1. The normalized spacial score (nSPS) is 20.6. The van der Waals surface area contributed by atoms with Crippen molar-refractivity contribution in [2.75, 3.05) is 6.26 Å². The van der Waals surface area contributed by atoms with Crippen molar-refractivity contribution in [3.8, 4) is 6.19 Å². The number of rotatable bonds is 5. The van der Waals surface area contributed by atoms with Crippen molar-refractivity contribution in [2.24, 2.45) is 4.36 Å². The van der Waals surface area contributed by atoms with Crippen LogP contribution in [0.15, 0.2) is 83.3 Å². The van der Waals surface area contributed by atoms with Crippen molar-refractivity contribution in [1.29, 1.82) is 5.26 Å². The predicted octanol–water partition coefficient (Wildman–Crippen LogP) is 10.5. The Morgan fingerprint density at radius 2 is 1.53 bits per heavy atom. The van der Waals surface area contributed by atoms with Crippen molar-refractivity contribution in [3.63, 3.8) is 0 Å². The summed E-state index contributed by atoms with van der Waals surface area (Å²) in [7, 11) is -3.86. The number of nitrogens with zero attached hydrogens (tertiary/aromatic N) is 5. The molecule has 0 radical (unpaired) electrons. The Morgan fingerprint density at radius 1 is 0.918 bits per heavy atom. The first-order valence-corrected chi connectivity index (χ1v) is 23.4. The number of aromatic nitrogens is 3. The molecule has 49 heavy (non-hydrogen) atoms. The second kappa shape index (κ2) is 19.9. The third-order valence-electron chi connectivity index (χ3n) is 7.70. The number of pyridine rings is 3. The molecule has 6 rings (SSSR count). The highest BCUT2D eigenvalue weighted by Crippen LogP contribution is 2.38. The van der Waals surface area contributed by atoms with Crippen LogP contribution in [0.3, 0.4) is 0 Å². The lowest BCUT2D eigenvalue weighted by molar-refractivity contribution is -0.114. The van der Waals surface area contributed by atoms with E-state index >= 15 is 0 Å². The zero-order valence-electron chi connectivity index (χ0n) is 28.0. The van der Waals surface area contributed by atoms with Crippen LogP contribution in [0.5, 0.6) is 0 Å². The van der Waals surface area contributed by atoms with Gasteiger partial charge in [0.1, 0.15) is 15.5 Å². The molecule has 3 aromatic rings. The molecule has 0 N–H and O–H groups in total. The standard InChI is InChI=1S/C13H18ClNOSi.C12H14ClN3OS.C5H3ClIN.C5H6O/c1-17(2,3)16-12-6-4-10(8-12)11-5-7-13(14)15-9-11;1-18(17,16-8-14)11-4-2-9(6-11)10-3-5-12(13)15-7-10;6-5-2-1-4(7)3-8-5;6-5-3-1-2-4-5/h5,7-10H,4,6H2,1-3H3;3,5,7,9,11H,2,4,6H2,1H3;1-3H;1,3H,2,4H2. The van der Waals surface area contributed by atoms with E-state index in [4.69, 9.17) is 44.5 Å². The van der Waals surface area contributed by atoms with Gasteiger partial charge in [0.2, 0.25) is 14.5 Å². The van der Waals surface area contributed by atoms with Crippen molar-refractivity contribution in [2.45, 2.75) is 81.7 Å². The van der Waals surface area contributed by atoms with Gasteiger partial charge in [0, 0.05) is 52.4 Å². The number of allylic oxidation sites excluding steroid dienone is 4. The van der Waals surface area contributed by atoms with Crippen LogP contribution in [-0.4, -0.2) is 44.8 Å². The summed E-state index contributed by atoms with van der Waals surface area (Å²) in [5.41, 5.74) is 2.35. The lowest BCUT2D eigenvalue weighted by atomic mass is 10.00. The van der Waals surface area contributed by atoms with Gasteiger partial charge in [-0.15, -0.1) is 4.36 Å². The Labute approximate surface area is 320 Å². The monoisotopic (exact) mass is 871 g/mol. The summed E-state index contributed by atoms with van der Waals surface area (Å²) in [4.78, 5) is 22.2. The first-order valence-electron chi connectivity index (χ1n) is 15.8. The van der Waals surface area contributed by atoms with E-state index in [0.717, 1.165) is 59.8 Å². The Bertz CT molecular complexity index is 1730. The SMILES string of the molecule is CS(=O)(=NC#N)C1CCC(c2ccc(Cl)nc2)C1.C[Si](C)(C)OC1=CC(c2ccc(Cl)nc2)CC1.Clc1ccc(I)cn1.O=C1C=CCC1. The molecule has 0 aromatic carbocycles. The topological polar surface area (TPSA) is 118 Å². The molecule has 3 aliphatic rings. The van der Waals surface area contributed by atoms with Crippen LogP contribution in [-0.2, 0) is 18.9 Å². The Balaban J connectivity index is 0.000000193. The van der Waals surface area contributed by atoms with Gasteiger partial charge in [-0.3, -0.25) is 4.79 Å². The minimum absolute atomic E-state index is 0.00201. The fourth-order valence-corrected chi connectivity index (χ4v) is 8.43. The number of carbonyl (C=O) groups excluding carboxylic acids is 1. The molecule has 3 aromatic heterocycles. The zero-order chi connectivity index (χ0) is 36.0. The minimum Gasteiger partial charge on any atom is -0.548 e. The van der Waals surface area contributed by atoms with E-state index in [-0.39, 0.29) is 11.0 Å². The fraction of sp³-hybridized carbons (Fsp3) is 0.400. The van der Waals surface area contributed by atoms with Crippen molar-refractivity contribution in [3.05, 3.63) is 109 Å². The third kappa shape index (κ3) is 15.2.